The Kier molecular flexibility index (Phi) is 4.03. The average Bonchev–Trinajstić information content (AvgIpc) is 3.25. The van der Waals surface area contributed by atoms with Crippen LogP contribution in [0.5, 0.6) is 0 Å². The molecule has 2 aliphatic rings. The summed E-state index contributed by atoms with van der Waals surface area (Å²) >= 11 is 0. The molecule has 1 amide bonds. The first-order valence-electron chi connectivity index (χ1n) is 8.82. The molecule has 1 aromatic heterocycles. The molecule has 1 saturated heterocycles. The summed E-state index contributed by atoms with van der Waals surface area (Å²) in [7, 11) is 0. The number of aromatic carboxylic acids is 1. The lowest BCUT2D eigenvalue weighted by Crippen LogP contribution is -2.39. The summed E-state index contributed by atoms with van der Waals surface area (Å²) in [6, 6.07) is 7.01. The van der Waals surface area contributed by atoms with Crippen LogP contribution in [0.3, 0.4) is 0 Å². The molecule has 0 saturated carbocycles. The minimum atomic E-state index is -0.917. The predicted octanol–water partition coefficient (Wildman–Crippen LogP) is 2.62. The van der Waals surface area contributed by atoms with Crippen molar-refractivity contribution in [3.05, 3.63) is 52.3 Å². The summed E-state index contributed by atoms with van der Waals surface area (Å²) in [4.78, 5) is 25.8. The Bertz CT molecular complexity index is 810. The number of H-pyrrole nitrogens is 1. The Morgan fingerprint density at radius 3 is 2.72 bits per heavy atom. The Balaban J connectivity index is 1.50. The standard InChI is InChI=1S/C19H21N3O3/c23-18(17-15-4-1-5-16(15)20-21-17)22-10-2-3-14(11-22)12-6-8-13(9-7-12)19(24)25/h6-9,14H,1-5,10-11H2,(H,20,21)(H,24,25)/t14-/m1/s1. The van der Waals surface area contributed by atoms with Crippen molar-refractivity contribution < 1.29 is 14.7 Å². The van der Waals surface area contributed by atoms with Crippen LogP contribution in [0.2, 0.25) is 0 Å². The Morgan fingerprint density at radius 1 is 1.16 bits per heavy atom. The summed E-state index contributed by atoms with van der Waals surface area (Å²) < 4.78 is 0. The summed E-state index contributed by atoms with van der Waals surface area (Å²) in [6.07, 6.45) is 4.95. The number of nitrogens with one attached hydrogen (secondary N) is 1. The molecule has 0 unspecified atom stereocenters. The van der Waals surface area contributed by atoms with E-state index in [1.54, 1.807) is 12.1 Å². The lowest BCUT2D eigenvalue weighted by molar-refractivity contribution is 0.0691. The SMILES string of the molecule is O=C(O)c1ccc([C@@H]2CCCN(C(=O)c3n[nH]c4c3CCC4)C2)cc1. The molecule has 0 spiro atoms. The Labute approximate surface area is 145 Å². The van der Waals surface area contributed by atoms with Crippen LogP contribution in [0.4, 0.5) is 0 Å². The Morgan fingerprint density at radius 2 is 1.96 bits per heavy atom. The van der Waals surface area contributed by atoms with Gasteiger partial charge in [-0.2, -0.15) is 5.10 Å². The molecular formula is C19H21N3O3. The lowest BCUT2D eigenvalue weighted by atomic mass is 9.90. The number of carboxylic acid groups (broad SMARTS) is 1. The van der Waals surface area contributed by atoms with E-state index in [1.807, 2.05) is 17.0 Å². The summed E-state index contributed by atoms with van der Waals surface area (Å²) in [5.74, 6) is -0.654. The number of benzene rings is 1. The van der Waals surface area contributed by atoms with E-state index >= 15 is 0 Å². The third-order valence-electron chi connectivity index (χ3n) is 5.35. The van der Waals surface area contributed by atoms with Crippen LogP contribution in [-0.2, 0) is 12.8 Å². The van der Waals surface area contributed by atoms with Gasteiger partial charge in [0.05, 0.1) is 5.56 Å². The quantitative estimate of drug-likeness (QED) is 0.900. The highest BCUT2D eigenvalue weighted by Gasteiger charge is 2.30. The highest BCUT2D eigenvalue weighted by Crippen LogP contribution is 2.29. The van der Waals surface area contributed by atoms with Gasteiger partial charge >= 0.3 is 5.97 Å². The molecule has 0 radical (unpaired) electrons. The molecule has 2 heterocycles. The van der Waals surface area contributed by atoms with E-state index in [0.29, 0.717) is 17.8 Å². The highest BCUT2D eigenvalue weighted by molar-refractivity contribution is 5.94. The topological polar surface area (TPSA) is 86.3 Å². The second kappa shape index (κ2) is 6.35. The zero-order valence-electron chi connectivity index (χ0n) is 14.0. The second-order valence-corrected chi connectivity index (χ2v) is 6.90. The number of aryl methyl sites for hydroxylation is 1. The van der Waals surface area contributed by atoms with Crippen molar-refractivity contribution in [1.29, 1.82) is 0 Å². The molecule has 4 rings (SSSR count). The van der Waals surface area contributed by atoms with Crippen LogP contribution >= 0.6 is 0 Å². The maximum atomic E-state index is 12.9. The number of likely N-dealkylation sites (tertiary alicyclic amines) is 1. The molecule has 2 N–H and O–H groups in total. The van der Waals surface area contributed by atoms with Crippen molar-refractivity contribution in [2.24, 2.45) is 0 Å². The molecule has 2 aromatic rings. The van der Waals surface area contributed by atoms with Gasteiger partial charge in [-0.25, -0.2) is 4.79 Å². The molecule has 1 atom stereocenters. The molecular weight excluding hydrogens is 318 g/mol. The van der Waals surface area contributed by atoms with Crippen molar-refractivity contribution in [1.82, 2.24) is 15.1 Å². The number of aromatic nitrogens is 2. The van der Waals surface area contributed by atoms with E-state index in [1.165, 1.54) is 0 Å². The van der Waals surface area contributed by atoms with Gasteiger partial charge < -0.3 is 10.0 Å². The lowest BCUT2D eigenvalue weighted by Gasteiger charge is -2.32. The van der Waals surface area contributed by atoms with Crippen molar-refractivity contribution in [3.8, 4) is 0 Å². The van der Waals surface area contributed by atoms with Gasteiger partial charge in [0.1, 0.15) is 0 Å². The molecule has 6 nitrogen and oxygen atoms in total. The van der Waals surface area contributed by atoms with E-state index in [-0.39, 0.29) is 11.8 Å². The number of hydrogen-bond acceptors (Lipinski definition) is 3. The molecule has 25 heavy (non-hydrogen) atoms. The number of carboxylic acids is 1. The molecule has 1 fully saturated rings. The van der Waals surface area contributed by atoms with Gasteiger partial charge in [0, 0.05) is 30.3 Å². The Hall–Kier alpha value is -2.63. The normalized spacial score (nSPS) is 19.7. The number of nitrogens with zero attached hydrogens (tertiary/aromatic N) is 2. The van der Waals surface area contributed by atoms with Gasteiger partial charge in [-0.3, -0.25) is 9.89 Å². The monoisotopic (exact) mass is 339 g/mol. The first kappa shape index (κ1) is 15.9. The fourth-order valence-electron chi connectivity index (χ4n) is 3.98. The molecule has 0 bridgehead atoms. The summed E-state index contributed by atoms with van der Waals surface area (Å²) in [5, 5.41) is 16.3. The first-order valence-corrected chi connectivity index (χ1v) is 8.82. The zero-order valence-corrected chi connectivity index (χ0v) is 14.0. The van der Waals surface area contributed by atoms with Crippen LogP contribution < -0.4 is 0 Å². The van der Waals surface area contributed by atoms with Crippen molar-refractivity contribution in [2.45, 2.75) is 38.0 Å². The van der Waals surface area contributed by atoms with Gasteiger partial charge in [0.2, 0.25) is 0 Å². The van der Waals surface area contributed by atoms with E-state index in [2.05, 4.69) is 10.2 Å². The molecule has 130 valence electrons. The number of aromatic amines is 1. The third kappa shape index (κ3) is 2.92. The van der Waals surface area contributed by atoms with E-state index < -0.39 is 5.97 Å². The number of rotatable bonds is 3. The molecule has 1 aliphatic carbocycles. The smallest absolute Gasteiger partial charge is 0.335 e. The summed E-state index contributed by atoms with van der Waals surface area (Å²) in [6.45, 7) is 1.41. The van der Waals surface area contributed by atoms with Gasteiger partial charge in [0.15, 0.2) is 5.69 Å². The fourth-order valence-corrected chi connectivity index (χ4v) is 3.98. The zero-order chi connectivity index (χ0) is 17.4. The van der Waals surface area contributed by atoms with Gasteiger partial charge in [0.25, 0.3) is 5.91 Å². The molecule has 1 aromatic carbocycles. The van der Waals surface area contributed by atoms with E-state index in [9.17, 15) is 9.59 Å². The number of piperidine rings is 1. The second-order valence-electron chi connectivity index (χ2n) is 6.90. The molecule has 6 heteroatoms. The van der Waals surface area contributed by atoms with Crippen molar-refractivity contribution >= 4 is 11.9 Å². The maximum Gasteiger partial charge on any atom is 0.335 e. The van der Waals surface area contributed by atoms with E-state index in [0.717, 1.165) is 55.5 Å². The largest absolute Gasteiger partial charge is 0.478 e. The third-order valence-corrected chi connectivity index (χ3v) is 5.35. The van der Waals surface area contributed by atoms with Crippen LogP contribution in [0.1, 0.15) is 62.8 Å². The number of carbonyl (C=O) groups excluding carboxylic acids is 1. The molecule has 1 aliphatic heterocycles. The van der Waals surface area contributed by atoms with Gasteiger partial charge in [-0.15, -0.1) is 0 Å². The minimum Gasteiger partial charge on any atom is -0.478 e. The van der Waals surface area contributed by atoms with Crippen molar-refractivity contribution in [3.63, 3.8) is 0 Å². The number of amides is 1. The van der Waals surface area contributed by atoms with Gasteiger partial charge in [-0.1, -0.05) is 12.1 Å². The van der Waals surface area contributed by atoms with E-state index in [4.69, 9.17) is 5.11 Å². The highest BCUT2D eigenvalue weighted by atomic mass is 16.4. The fraction of sp³-hybridized carbons (Fsp3) is 0.421. The number of fused-ring (bicyclic) bond motifs is 1. The maximum absolute atomic E-state index is 12.9. The summed E-state index contributed by atoms with van der Waals surface area (Å²) in [5.41, 5.74) is 4.18. The minimum absolute atomic E-state index is 0.0197. The average molecular weight is 339 g/mol. The van der Waals surface area contributed by atoms with Crippen LogP contribution in [0.25, 0.3) is 0 Å². The van der Waals surface area contributed by atoms with Crippen LogP contribution in [0, 0.1) is 0 Å². The number of carbonyl (C=O) groups is 2. The predicted molar refractivity (Wildman–Crippen MR) is 91.9 cm³/mol. The van der Waals surface area contributed by atoms with Gasteiger partial charge in [-0.05, 0) is 49.8 Å². The van der Waals surface area contributed by atoms with Crippen LogP contribution in [-0.4, -0.2) is 45.2 Å². The number of hydrogen-bond donors (Lipinski definition) is 2. The van der Waals surface area contributed by atoms with Crippen molar-refractivity contribution in [2.75, 3.05) is 13.1 Å². The first-order chi connectivity index (χ1) is 12.1. The van der Waals surface area contributed by atoms with Crippen LogP contribution in [0.15, 0.2) is 24.3 Å².